The minimum Gasteiger partial charge on any atom is -0.349 e. The topological polar surface area (TPSA) is 35.6 Å². The van der Waals surface area contributed by atoms with Crippen molar-refractivity contribution in [2.24, 2.45) is 0 Å². The van der Waals surface area contributed by atoms with Crippen LogP contribution in [-0.4, -0.2) is 41.6 Å². The zero-order valence-electron chi connectivity index (χ0n) is 10.7. The fourth-order valence-corrected chi connectivity index (χ4v) is 3.04. The van der Waals surface area contributed by atoms with Gasteiger partial charge in [-0.2, -0.15) is 0 Å². The van der Waals surface area contributed by atoms with E-state index in [1.807, 2.05) is 30.3 Å². The monoisotopic (exact) mass is 275 g/mol. The van der Waals surface area contributed by atoms with Gasteiger partial charge in [-0.25, -0.2) is 0 Å². The first-order valence-electron chi connectivity index (χ1n) is 6.67. The van der Waals surface area contributed by atoms with Gasteiger partial charge in [0.25, 0.3) is 5.91 Å². The predicted molar refractivity (Wildman–Crippen MR) is 79.1 cm³/mol. The summed E-state index contributed by atoms with van der Waals surface area (Å²) in [4.78, 5) is 16.4. The SMILES string of the molecule is O=C1C(CN2CCCC2)NC(=S)N1c1ccccc1. The van der Waals surface area contributed by atoms with E-state index in [1.165, 1.54) is 12.8 Å². The number of para-hydroxylation sites is 1. The first kappa shape index (κ1) is 12.6. The quantitative estimate of drug-likeness (QED) is 0.845. The lowest BCUT2D eigenvalue weighted by Gasteiger charge is -2.18. The van der Waals surface area contributed by atoms with Crippen LogP contribution >= 0.6 is 12.2 Å². The molecule has 0 radical (unpaired) electrons. The number of nitrogens with zero attached hydrogens (tertiary/aromatic N) is 2. The number of benzene rings is 1. The van der Waals surface area contributed by atoms with Gasteiger partial charge in [0.15, 0.2) is 5.11 Å². The van der Waals surface area contributed by atoms with Gasteiger partial charge in [-0.3, -0.25) is 9.69 Å². The molecule has 0 aliphatic carbocycles. The fourth-order valence-electron chi connectivity index (χ4n) is 2.70. The lowest BCUT2D eigenvalue weighted by molar-refractivity contribution is -0.118. The van der Waals surface area contributed by atoms with Crippen LogP contribution in [0.3, 0.4) is 0 Å². The van der Waals surface area contributed by atoms with Crippen LogP contribution in [0, 0.1) is 0 Å². The van der Waals surface area contributed by atoms with Crippen LogP contribution in [-0.2, 0) is 4.79 Å². The van der Waals surface area contributed by atoms with Crippen molar-refractivity contribution in [3.05, 3.63) is 30.3 Å². The van der Waals surface area contributed by atoms with Gasteiger partial charge in [-0.15, -0.1) is 0 Å². The fraction of sp³-hybridized carbons (Fsp3) is 0.429. The third-order valence-electron chi connectivity index (χ3n) is 3.67. The van der Waals surface area contributed by atoms with Gasteiger partial charge in [-0.1, -0.05) is 18.2 Å². The highest BCUT2D eigenvalue weighted by atomic mass is 32.1. The average Bonchev–Trinajstić information content (AvgIpc) is 3.01. The van der Waals surface area contributed by atoms with Gasteiger partial charge < -0.3 is 10.2 Å². The normalized spacial score (nSPS) is 24.0. The van der Waals surface area contributed by atoms with Gasteiger partial charge >= 0.3 is 0 Å². The molecule has 2 heterocycles. The third-order valence-corrected chi connectivity index (χ3v) is 3.97. The Morgan fingerprint density at radius 3 is 2.58 bits per heavy atom. The third kappa shape index (κ3) is 2.48. The molecule has 2 fully saturated rings. The molecular formula is C14H17N3OS. The molecule has 2 saturated heterocycles. The molecule has 2 aliphatic rings. The number of amides is 1. The molecule has 4 nitrogen and oxygen atoms in total. The number of carbonyl (C=O) groups excluding carboxylic acids is 1. The Bertz CT molecular complexity index is 485. The number of hydrogen-bond acceptors (Lipinski definition) is 3. The Morgan fingerprint density at radius 1 is 1.21 bits per heavy atom. The Labute approximate surface area is 118 Å². The second kappa shape index (κ2) is 5.27. The number of rotatable bonds is 3. The van der Waals surface area contributed by atoms with E-state index in [9.17, 15) is 4.79 Å². The van der Waals surface area contributed by atoms with Gasteiger partial charge in [-0.05, 0) is 50.3 Å². The Balaban J connectivity index is 1.74. The number of nitrogens with one attached hydrogen (secondary N) is 1. The molecule has 0 spiro atoms. The van der Waals surface area contributed by atoms with Crippen molar-refractivity contribution in [1.82, 2.24) is 10.2 Å². The summed E-state index contributed by atoms with van der Waals surface area (Å²) in [7, 11) is 0. The van der Waals surface area contributed by atoms with Crippen LogP contribution in [0.1, 0.15) is 12.8 Å². The van der Waals surface area contributed by atoms with Crippen molar-refractivity contribution in [3.8, 4) is 0 Å². The molecule has 0 saturated carbocycles. The zero-order chi connectivity index (χ0) is 13.2. The second-order valence-electron chi connectivity index (χ2n) is 5.02. The van der Waals surface area contributed by atoms with Crippen LogP contribution in [0.15, 0.2) is 30.3 Å². The van der Waals surface area contributed by atoms with Gasteiger partial charge in [0, 0.05) is 6.54 Å². The molecule has 1 atom stereocenters. The molecule has 1 N–H and O–H groups in total. The van der Waals surface area contributed by atoms with Crippen LogP contribution in [0.4, 0.5) is 5.69 Å². The largest absolute Gasteiger partial charge is 0.349 e. The highest BCUT2D eigenvalue weighted by molar-refractivity contribution is 7.80. The number of likely N-dealkylation sites (tertiary alicyclic amines) is 1. The molecule has 3 rings (SSSR count). The molecule has 1 unspecified atom stereocenters. The highest BCUT2D eigenvalue weighted by Gasteiger charge is 2.37. The summed E-state index contributed by atoms with van der Waals surface area (Å²) in [5.41, 5.74) is 0.842. The highest BCUT2D eigenvalue weighted by Crippen LogP contribution is 2.20. The summed E-state index contributed by atoms with van der Waals surface area (Å²) in [5.74, 6) is 0.0584. The molecule has 0 bridgehead atoms. The maximum Gasteiger partial charge on any atom is 0.257 e. The summed E-state index contributed by atoms with van der Waals surface area (Å²) in [5, 5.41) is 3.66. The molecule has 100 valence electrons. The van der Waals surface area contributed by atoms with E-state index in [1.54, 1.807) is 4.90 Å². The van der Waals surface area contributed by atoms with Crippen molar-refractivity contribution >= 4 is 28.9 Å². The Hall–Kier alpha value is -1.46. The molecule has 1 aromatic carbocycles. The van der Waals surface area contributed by atoms with E-state index in [2.05, 4.69) is 10.2 Å². The van der Waals surface area contributed by atoms with Crippen molar-refractivity contribution in [2.45, 2.75) is 18.9 Å². The number of anilines is 1. The zero-order valence-corrected chi connectivity index (χ0v) is 11.5. The van der Waals surface area contributed by atoms with Crippen LogP contribution < -0.4 is 10.2 Å². The number of carbonyl (C=O) groups is 1. The summed E-state index contributed by atoms with van der Waals surface area (Å²) in [6.07, 6.45) is 2.46. The maximum atomic E-state index is 12.5. The maximum absolute atomic E-state index is 12.5. The molecule has 2 aliphatic heterocycles. The van der Waals surface area contributed by atoms with Gasteiger partial charge in [0.05, 0.1) is 5.69 Å². The van der Waals surface area contributed by atoms with Crippen molar-refractivity contribution in [1.29, 1.82) is 0 Å². The predicted octanol–water partition coefficient (Wildman–Crippen LogP) is 1.37. The van der Waals surface area contributed by atoms with Crippen LogP contribution in [0.5, 0.6) is 0 Å². The standard InChI is InChI=1S/C14H17N3OS/c18-13-12(10-16-8-4-5-9-16)15-14(19)17(13)11-6-2-1-3-7-11/h1-3,6-7,12H,4-5,8-10H2,(H,15,19). The van der Waals surface area contributed by atoms with E-state index in [-0.39, 0.29) is 11.9 Å². The van der Waals surface area contributed by atoms with E-state index in [0.29, 0.717) is 5.11 Å². The Kier molecular flexibility index (Phi) is 3.48. The van der Waals surface area contributed by atoms with Crippen molar-refractivity contribution < 1.29 is 4.79 Å². The smallest absolute Gasteiger partial charge is 0.257 e. The van der Waals surface area contributed by atoms with Crippen LogP contribution in [0.25, 0.3) is 0 Å². The summed E-state index contributed by atoms with van der Waals surface area (Å²) in [6.45, 7) is 2.93. The molecule has 0 aromatic heterocycles. The molecule has 1 amide bonds. The van der Waals surface area contributed by atoms with E-state index < -0.39 is 0 Å². The Morgan fingerprint density at radius 2 is 1.89 bits per heavy atom. The first-order chi connectivity index (χ1) is 9.25. The molecule has 1 aromatic rings. The summed E-state index contributed by atoms with van der Waals surface area (Å²) in [6, 6.07) is 9.37. The minimum atomic E-state index is -0.203. The average molecular weight is 275 g/mol. The van der Waals surface area contributed by atoms with Gasteiger partial charge in [0.1, 0.15) is 6.04 Å². The molecule has 5 heteroatoms. The minimum absolute atomic E-state index is 0.0584. The second-order valence-corrected chi connectivity index (χ2v) is 5.41. The summed E-state index contributed by atoms with van der Waals surface area (Å²) < 4.78 is 0. The van der Waals surface area contributed by atoms with E-state index in [0.717, 1.165) is 25.3 Å². The molecular weight excluding hydrogens is 258 g/mol. The van der Waals surface area contributed by atoms with Crippen molar-refractivity contribution in [2.75, 3.05) is 24.5 Å². The molecule has 19 heavy (non-hydrogen) atoms. The lowest BCUT2D eigenvalue weighted by Crippen LogP contribution is -2.41. The van der Waals surface area contributed by atoms with Crippen LogP contribution in [0.2, 0.25) is 0 Å². The van der Waals surface area contributed by atoms with Crippen molar-refractivity contribution in [3.63, 3.8) is 0 Å². The lowest BCUT2D eigenvalue weighted by atomic mass is 10.2. The van der Waals surface area contributed by atoms with Gasteiger partial charge in [0.2, 0.25) is 0 Å². The first-order valence-corrected chi connectivity index (χ1v) is 7.08. The van der Waals surface area contributed by atoms with E-state index in [4.69, 9.17) is 12.2 Å². The summed E-state index contributed by atoms with van der Waals surface area (Å²) >= 11 is 5.29. The van der Waals surface area contributed by atoms with E-state index >= 15 is 0 Å². The number of hydrogen-bond donors (Lipinski definition) is 1. The number of thiocarbonyl (C=S) groups is 1.